The van der Waals surface area contributed by atoms with Gasteiger partial charge in [-0.2, -0.15) is 13.2 Å². The fraction of sp³-hybridized carbons (Fsp3) is 0.419. The number of aryl methyl sites for hydroxylation is 2. The Kier molecular flexibility index (Phi) is 9.38. The quantitative estimate of drug-likeness (QED) is 0.301. The third kappa shape index (κ3) is 8.43. The SMILES string of the molecule is CC(C)(C)OC(=O)N1CCC(c2ccc(Nc3ncc(C(F)(F)F)c(CCc4ccccc4CC(=O)O)n3)cc2)CC1. The average Bonchev–Trinajstić information content (AvgIpc) is 2.91. The minimum Gasteiger partial charge on any atom is -0.481 e. The number of ether oxygens (including phenoxy) is 1. The molecule has 1 aliphatic rings. The van der Waals surface area contributed by atoms with Gasteiger partial charge in [-0.05, 0) is 81.2 Å². The number of halogens is 3. The molecule has 0 aliphatic carbocycles. The van der Waals surface area contributed by atoms with Crippen molar-refractivity contribution in [2.75, 3.05) is 18.4 Å². The number of alkyl halides is 3. The molecule has 0 bridgehead atoms. The maximum Gasteiger partial charge on any atom is 0.419 e. The summed E-state index contributed by atoms with van der Waals surface area (Å²) in [5.74, 6) is -0.699. The van der Waals surface area contributed by atoms with Crippen molar-refractivity contribution < 1.29 is 32.6 Å². The summed E-state index contributed by atoms with van der Waals surface area (Å²) in [7, 11) is 0. The zero-order valence-electron chi connectivity index (χ0n) is 23.9. The van der Waals surface area contributed by atoms with E-state index in [9.17, 15) is 22.8 Å². The van der Waals surface area contributed by atoms with Gasteiger partial charge in [0.25, 0.3) is 0 Å². The maximum atomic E-state index is 13.7. The molecule has 1 saturated heterocycles. The molecule has 42 heavy (non-hydrogen) atoms. The number of hydrogen-bond donors (Lipinski definition) is 2. The van der Waals surface area contributed by atoms with Crippen LogP contribution in [0.25, 0.3) is 0 Å². The van der Waals surface area contributed by atoms with Gasteiger partial charge in [0.05, 0.1) is 17.7 Å². The van der Waals surface area contributed by atoms with Gasteiger partial charge in [0.2, 0.25) is 5.95 Å². The molecular formula is C31H35F3N4O4. The molecule has 1 amide bonds. The number of likely N-dealkylation sites (tertiary alicyclic amines) is 1. The molecule has 224 valence electrons. The second kappa shape index (κ2) is 12.8. The van der Waals surface area contributed by atoms with Crippen molar-refractivity contribution in [3.8, 4) is 0 Å². The van der Waals surface area contributed by atoms with Gasteiger partial charge in [-0.3, -0.25) is 4.79 Å². The maximum absolute atomic E-state index is 13.7. The molecule has 0 spiro atoms. The number of nitrogens with zero attached hydrogens (tertiary/aromatic N) is 3. The minimum atomic E-state index is -4.63. The Bertz CT molecular complexity index is 1400. The lowest BCUT2D eigenvalue weighted by molar-refractivity contribution is -0.139. The van der Waals surface area contributed by atoms with Crippen LogP contribution in [-0.2, 0) is 35.0 Å². The summed E-state index contributed by atoms with van der Waals surface area (Å²) in [6.07, 6.45) is -2.61. The topological polar surface area (TPSA) is 105 Å². The van der Waals surface area contributed by atoms with Crippen molar-refractivity contribution in [2.45, 2.75) is 70.6 Å². The first-order chi connectivity index (χ1) is 19.8. The normalized spacial score (nSPS) is 14.5. The van der Waals surface area contributed by atoms with Crippen LogP contribution in [0.2, 0.25) is 0 Å². The highest BCUT2D eigenvalue weighted by Gasteiger charge is 2.35. The molecular weight excluding hydrogens is 549 g/mol. The first-order valence-electron chi connectivity index (χ1n) is 13.8. The van der Waals surface area contributed by atoms with Crippen LogP contribution < -0.4 is 5.32 Å². The van der Waals surface area contributed by atoms with Crippen molar-refractivity contribution in [1.29, 1.82) is 0 Å². The minimum absolute atomic E-state index is 0.0373. The van der Waals surface area contributed by atoms with E-state index in [-0.39, 0.29) is 42.9 Å². The molecule has 2 heterocycles. The number of aliphatic carboxylic acids is 1. The number of carbonyl (C=O) groups is 2. The second-order valence-corrected chi connectivity index (χ2v) is 11.4. The number of anilines is 2. The van der Waals surface area contributed by atoms with E-state index < -0.39 is 23.3 Å². The number of carboxylic acid groups (broad SMARTS) is 1. The van der Waals surface area contributed by atoms with Crippen LogP contribution in [0.15, 0.2) is 54.7 Å². The van der Waals surface area contributed by atoms with E-state index in [0.29, 0.717) is 29.9 Å². The lowest BCUT2D eigenvalue weighted by atomic mass is 9.89. The number of aromatic nitrogens is 2. The van der Waals surface area contributed by atoms with E-state index in [2.05, 4.69) is 15.3 Å². The molecule has 0 saturated carbocycles. The average molecular weight is 585 g/mol. The summed E-state index contributed by atoms with van der Waals surface area (Å²) in [6.45, 7) is 6.72. The van der Waals surface area contributed by atoms with Crippen molar-refractivity contribution in [3.05, 3.63) is 82.7 Å². The summed E-state index contributed by atoms with van der Waals surface area (Å²) in [4.78, 5) is 33.4. The lowest BCUT2D eigenvalue weighted by Crippen LogP contribution is -2.41. The number of carbonyl (C=O) groups excluding carboxylic acids is 1. The zero-order chi connectivity index (χ0) is 30.5. The smallest absolute Gasteiger partial charge is 0.419 e. The zero-order valence-corrected chi connectivity index (χ0v) is 23.9. The van der Waals surface area contributed by atoms with Crippen molar-refractivity contribution in [3.63, 3.8) is 0 Å². The molecule has 0 atom stereocenters. The van der Waals surface area contributed by atoms with Crippen LogP contribution in [0.3, 0.4) is 0 Å². The Morgan fingerprint density at radius 1 is 1.00 bits per heavy atom. The predicted molar refractivity (Wildman–Crippen MR) is 152 cm³/mol. The molecule has 2 aromatic carbocycles. The summed E-state index contributed by atoms with van der Waals surface area (Å²) in [6, 6.07) is 14.4. The van der Waals surface area contributed by atoms with Gasteiger partial charge in [-0.25, -0.2) is 14.8 Å². The molecule has 1 fully saturated rings. The van der Waals surface area contributed by atoms with Crippen LogP contribution in [0.5, 0.6) is 0 Å². The van der Waals surface area contributed by atoms with Crippen LogP contribution in [0.1, 0.15) is 67.5 Å². The van der Waals surface area contributed by atoms with Crippen molar-refractivity contribution in [1.82, 2.24) is 14.9 Å². The fourth-order valence-electron chi connectivity index (χ4n) is 4.98. The Morgan fingerprint density at radius 2 is 1.64 bits per heavy atom. The van der Waals surface area contributed by atoms with Crippen LogP contribution in [0, 0.1) is 0 Å². The lowest BCUT2D eigenvalue weighted by Gasteiger charge is -2.33. The van der Waals surface area contributed by atoms with E-state index in [1.54, 1.807) is 29.2 Å². The van der Waals surface area contributed by atoms with E-state index >= 15 is 0 Å². The number of hydrogen-bond acceptors (Lipinski definition) is 6. The van der Waals surface area contributed by atoms with Gasteiger partial charge in [0.15, 0.2) is 0 Å². The van der Waals surface area contributed by atoms with E-state index in [1.807, 2.05) is 45.0 Å². The van der Waals surface area contributed by atoms with Gasteiger partial charge in [0.1, 0.15) is 5.60 Å². The Hall–Kier alpha value is -4.15. The highest BCUT2D eigenvalue weighted by atomic mass is 19.4. The Labute approximate surface area is 242 Å². The van der Waals surface area contributed by atoms with Gasteiger partial charge in [0, 0.05) is 25.0 Å². The number of nitrogens with one attached hydrogen (secondary N) is 1. The largest absolute Gasteiger partial charge is 0.481 e. The summed E-state index contributed by atoms with van der Waals surface area (Å²) >= 11 is 0. The van der Waals surface area contributed by atoms with E-state index in [4.69, 9.17) is 9.84 Å². The Balaban J connectivity index is 1.42. The highest BCUT2D eigenvalue weighted by molar-refractivity contribution is 5.70. The molecule has 4 rings (SSSR count). The molecule has 1 aliphatic heterocycles. The third-order valence-corrected chi connectivity index (χ3v) is 7.05. The predicted octanol–water partition coefficient (Wildman–Crippen LogP) is 6.77. The number of amides is 1. The van der Waals surface area contributed by atoms with Gasteiger partial charge in [-0.1, -0.05) is 36.4 Å². The monoisotopic (exact) mass is 584 g/mol. The Morgan fingerprint density at radius 3 is 2.24 bits per heavy atom. The molecule has 11 heteroatoms. The van der Waals surface area contributed by atoms with E-state index in [1.165, 1.54) is 0 Å². The van der Waals surface area contributed by atoms with Crippen LogP contribution in [0.4, 0.5) is 29.6 Å². The van der Waals surface area contributed by atoms with Crippen LogP contribution in [-0.4, -0.2) is 50.7 Å². The molecule has 8 nitrogen and oxygen atoms in total. The fourth-order valence-corrected chi connectivity index (χ4v) is 4.98. The van der Waals surface area contributed by atoms with Gasteiger partial charge >= 0.3 is 18.2 Å². The number of piperidine rings is 1. The van der Waals surface area contributed by atoms with E-state index in [0.717, 1.165) is 24.6 Å². The van der Waals surface area contributed by atoms with Gasteiger partial charge < -0.3 is 20.1 Å². The van der Waals surface area contributed by atoms with Crippen molar-refractivity contribution >= 4 is 23.7 Å². The number of benzene rings is 2. The standard InChI is InChI=1S/C31H35F3N4O4/c1-30(2,3)42-29(41)38-16-14-22(15-17-38)21-8-11-24(12-9-21)36-28-35-19-25(31(32,33)34)26(37-28)13-10-20-6-4-5-7-23(20)18-27(39)40/h4-9,11-12,19,22H,10,13-18H2,1-3H3,(H,39,40)(H,35,36,37). The molecule has 0 unspecified atom stereocenters. The molecule has 3 aromatic rings. The summed E-state index contributed by atoms with van der Waals surface area (Å²) in [5.41, 5.74) is 1.33. The molecule has 2 N–H and O–H groups in total. The molecule has 0 radical (unpaired) electrons. The number of carboxylic acids is 1. The summed E-state index contributed by atoms with van der Waals surface area (Å²) < 4.78 is 46.7. The number of rotatable bonds is 8. The molecule has 1 aromatic heterocycles. The third-order valence-electron chi connectivity index (χ3n) is 7.05. The first kappa shape index (κ1) is 30.8. The highest BCUT2D eigenvalue weighted by Crippen LogP contribution is 2.33. The van der Waals surface area contributed by atoms with Gasteiger partial charge in [-0.15, -0.1) is 0 Å². The second-order valence-electron chi connectivity index (χ2n) is 11.4. The first-order valence-corrected chi connectivity index (χ1v) is 13.8. The van der Waals surface area contributed by atoms with Crippen molar-refractivity contribution in [2.24, 2.45) is 0 Å². The summed E-state index contributed by atoms with van der Waals surface area (Å²) in [5, 5.41) is 12.2. The van der Waals surface area contributed by atoms with Crippen LogP contribution >= 0.6 is 0 Å².